The normalized spacial score (nSPS) is 19.2. The molecule has 0 aliphatic heterocycles. The van der Waals surface area contributed by atoms with E-state index in [2.05, 4.69) is 23.3 Å². The van der Waals surface area contributed by atoms with Gasteiger partial charge in [0.25, 0.3) is 0 Å². The number of methoxy groups -OCH3 is 1. The van der Waals surface area contributed by atoms with Crippen LogP contribution in [-0.2, 0) is 4.74 Å². The fourth-order valence-corrected chi connectivity index (χ4v) is 2.86. The lowest BCUT2D eigenvalue weighted by atomic mass is 9.99. The van der Waals surface area contributed by atoms with E-state index in [1.807, 2.05) is 38.2 Å². The van der Waals surface area contributed by atoms with Crippen LogP contribution in [0.2, 0.25) is 0 Å². The van der Waals surface area contributed by atoms with Gasteiger partial charge in [-0.25, -0.2) is 0 Å². The van der Waals surface area contributed by atoms with Gasteiger partial charge in [-0.15, -0.1) is 0 Å². The predicted octanol–water partition coefficient (Wildman–Crippen LogP) is 7.11. The van der Waals surface area contributed by atoms with Gasteiger partial charge in [-0.05, 0) is 56.9 Å². The lowest BCUT2D eigenvalue weighted by Crippen LogP contribution is -2.23. The van der Waals surface area contributed by atoms with E-state index in [1.165, 1.54) is 7.11 Å². The lowest BCUT2D eigenvalue weighted by Gasteiger charge is -2.20. The van der Waals surface area contributed by atoms with Crippen molar-refractivity contribution in [2.24, 2.45) is 4.99 Å². The van der Waals surface area contributed by atoms with Gasteiger partial charge in [-0.1, -0.05) is 49.8 Å². The Morgan fingerprint density at radius 3 is 2.42 bits per heavy atom. The molecule has 0 aromatic heterocycles. The van der Waals surface area contributed by atoms with Gasteiger partial charge in [0, 0.05) is 12.7 Å². The van der Waals surface area contributed by atoms with Crippen LogP contribution in [0, 0.1) is 0 Å². The van der Waals surface area contributed by atoms with Gasteiger partial charge in [0.05, 0.1) is 24.1 Å². The molecule has 0 saturated carbocycles. The summed E-state index contributed by atoms with van der Waals surface area (Å²) in [5.41, 5.74) is 2.85. The molecule has 3 nitrogen and oxygen atoms in total. The summed E-state index contributed by atoms with van der Waals surface area (Å²) in [6.07, 6.45) is 11.1. The Kier molecular flexibility index (Phi) is 10.9. The zero-order valence-corrected chi connectivity index (χ0v) is 19.2. The zero-order chi connectivity index (χ0) is 23.4. The summed E-state index contributed by atoms with van der Waals surface area (Å²) in [5, 5.41) is 3.09. The fourth-order valence-electron chi connectivity index (χ4n) is 2.86. The summed E-state index contributed by atoms with van der Waals surface area (Å²) < 4.78 is 46.4. The summed E-state index contributed by atoms with van der Waals surface area (Å²) in [5.74, 6) is -0.224. The first-order valence-electron chi connectivity index (χ1n) is 10.4. The standard InChI is InChI=1S/C25H33F3N2O/c1-7-11-20-13-12-19(16-23(20)29-14-8-2)17-30-22(10-4)24(31-6)21(25(26,27)28)15-18(5)9-3/h8,10-16,30H,7,9,17H2,1-6H3/b14-8-,18-15+,20-11+,22-10+,24-21-,29-23+. The largest absolute Gasteiger partial charge is 0.494 e. The van der Waals surface area contributed by atoms with Crippen molar-refractivity contribution >= 4 is 5.71 Å². The first-order chi connectivity index (χ1) is 14.7. The first kappa shape index (κ1) is 26.3. The van der Waals surface area contributed by atoms with Crippen LogP contribution in [0.15, 0.2) is 87.5 Å². The molecule has 0 amide bonds. The molecule has 1 aliphatic carbocycles. The Hall–Kier alpha value is -2.76. The maximum Gasteiger partial charge on any atom is 0.420 e. The Morgan fingerprint density at radius 2 is 1.90 bits per heavy atom. The Morgan fingerprint density at radius 1 is 1.19 bits per heavy atom. The minimum atomic E-state index is -4.53. The summed E-state index contributed by atoms with van der Waals surface area (Å²) in [6, 6.07) is 0. The number of hydrogen-bond donors (Lipinski definition) is 1. The average molecular weight is 435 g/mol. The topological polar surface area (TPSA) is 33.6 Å². The monoisotopic (exact) mass is 434 g/mol. The highest BCUT2D eigenvalue weighted by atomic mass is 19.4. The highest BCUT2D eigenvalue weighted by molar-refractivity contribution is 6.12. The minimum absolute atomic E-state index is 0.224. The number of halogens is 3. The number of rotatable bonds is 9. The highest BCUT2D eigenvalue weighted by Gasteiger charge is 2.36. The highest BCUT2D eigenvalue weighted by Crippen LogP contribution is 2.33. The third kappa shape index (κ3) is 8.12. The molecule has 0 heterocycles. The third-order valence-electron chi connectivity index (χ3n) is 4.60. The quantitative estimate of drug-likeness (QED) is 0.310. The van der Waals surface area contributed by atoms with Crippen LogP contribution in [0.1, 0.15) is 47.5 Å². The molecule has 1 aliphatic rings. The average Bonchev–Trinajstić information content (AvgIpc) is 2.74. The van der Waals surface area contributed by atoms with Crippen molar-refractivity contribution in [3.05, 3.63) is 82.5 Å². The predicted molar refractivity (Wildman–Crippen MR) is 124 cm³/mol. The number of ether oxygens (including phenoxy) is 1. The molecule has 6 heteroatoms. The van der Waals surface area contributed by atoms with E-state index in [9.17, 15) is 13.2 Å². The second-order valence-corrected chi connectivity index (χ2v) is 6.96. The number of nitrogens with one attached hydrogen (secondary N) is 1. The van der Waals surface area contributed by atoms with Gasteiger partial charge in [0.1, 0.15) is 0 Å². The van der Waals surface area contributed by atoms with Crippen LogP contribution in [0.4, 0.5) is 13.2 Å². The first-order valence-corrected chi connectivity index (χ1v) is 10.4. The summed E-state index contributed by atoms with van der Waals surface area (Å²) >= 11 is 0. The zero-order valence-electron chi connectivity index (χ0n) is 19.2. The van der Waals surface area contributed by atoms with E-state index in [4.69, 9.17) is 4.74 Å². The van der Waals surface area contributed by atoms with Crippen LogP contribution >= 0.6 is 0 Å². The molecule has 0 saturated heterocycles. The SMILES string of the molecule is C\C=C/N=C1\C=C(CNC(=C/C)/C(OC)=C(\C=C(/C)CC)C(F)(F)F)C=C\C1=C/CC. The van der Waals surface area contributed by atoms with E-state index < -0.39 is 11.7 Å². The molecule has 0 bridgehead atoms. The van der Waals surface area contributed by atoms with Crippen molar-refractivity contribution < 1.29 is 17.9 Å². The minimum Gasteiger partial charge on any atom is -0.494 e. The van der Waals surface area contributed by atoms with Crippen molar-refractivity contribution in [1.29, 1.82) is 0 Å². The van der Waals surface area contributed by atoms with Crippen LogP contribution in [-0.4, -0.2) is 25.5 Å². The molecular formula is C25H33F3N2O. The summed E-state index contributed by atoms with van der Waals surface area (Å²) in [7, 11) is 1.25. The van der Waals surface area contributed by atoms with Gasteiger partial charge in [-0.2, -0.15) is 13.2 Å². The molecule has 1 N–H and O–H groups in total. The Bertz CT molecular complexity index is 864. The Labute approximate surface area is 184 Å². The van der Waals surface area contributed by atoms with Gasteiger partial charge in [-0.3, -0.25) is 4.99 Å². The summed E-state index contributed by atoms with van der Waals surface area (Å²) in [6.45, 7) is 9.45. The molecule has 0 atom stereocenters. The molecular weight excluding hydrogens is 401 g/mol. The van der Waals surface area contributed by atoms with Crippen LogP contribution in [0.3, 0.4) is 0 Å². The fraction of sp³-hybridized carbons (Fsp3) is 0.400. The molecule has 0 spiro atoms. The summed E-state index contributed by atoms with van der Waals surface area (Å²) in [4.78, 5) is 4.46. The second-order valence-electron chi connectivity index (χ2n) is 6.96. The third-order valence-corrected chi connectivity index (χ3v) is 4.60. The molecule has 31 heavy (non-hydrogen) atoms. The second kappa shape index (κ2) is 12.8. The van der Waals surface area contributed by atoms with E-state index in [1.54, 1.807) is 26.1 Å². The molecule has 1 rings (SSSR count). The number of hydrogen-bond acceptors (Lipinski definition) is 3. The Balaban J connectivity index is 3.25. The van der Waals surface area contributed by atoms with E-state index in [-0.39, 0.29) is 11.5 Å². The number of alkyl halides is 3. The number of nitrogens with zero attached hydrogens (tertiary/aromatic N) is 1. The number of allylic oxidation sites excluding steroid dienone is 9. The van der Waals surface area contributed by atoms with Crippen LogP contribution in [0.5, 0.6) is 0 Å². The van der Waals surface area contributed by atoms with Crippen molar-refractivity contribution in [3.63, 3.8) is 0 Å². The van der Waals surface area contributed by atoms with Crippen molar-refractivity contribution in [2.45, 2.75) is 53.6 Å². The lowest BCUT2D eigenvalue weighted by molar-refractivity contribution is -0.0911. The van der Waals surface area contributed by atoms with Crippen molar-refractivity contribution in [1.82, 2.24) is 5.32 Å². The molecule has 0 radical (unpaired) electrons. The maximum atomic E-state index is 13.7. The van der Waals surface area contributed by atoms with Crippen molar-refractivity contribution in [2.75, 3.05) is 13.7 Å². The molecule has 0 fully saturated rings. The van der Waals surface area contributed by atoms with E-state index in [0.717, 1.165) is 29.4 Å². The van der Waals surface area contributed by atoms with Gasteiger partial charge in [0.2, 0.25) is 0 Å². The van der Waals surface area contributed by atoms with E-state index in [0.29, 0.717) is 18.5 Å². The molecule has 0 aromatic rings. The molecule has 0 aromatic carbocycles. The number of aliphatic imine (C=N–C) groups is 1. The van der Waals surface area contributed by atoms with Crippen LogP contribution < -0.4 is 5.32 Å². The smallest absolute Gasteiger partial charge is 0.420 e. The van der Waals surface area contributed by atoms with Gasteiger partial charge < -0.3 is 10.1 Å². The molecule has 170 valence electrons. The van der Waals surface area contributed by atoms with Gasteiger partial charge >= 0.3 is 6.18 Å². The molecule has 0 unspecified atom stereocenters. The maximum absolute atomic E-state index is 13.7. The van der Waals surface area contributed by atoms with Crippen molar-refractivity contribution in [3.8, 4) is 0 Å². The van der Waals surface area contributed by atoms with Gasteiger partial charge in [0.15, 0.2) is 5.76 Å². The van der Waals surface area contributed by atoms with Crippen LogP contribution in [0.25, 0.3) is 0 Å². The van der Waals surface area contributed by atoms with E-state index >= 15 is 0 Å².